The molecule has 3 nitrogen and oxygen atoms in total. The maximum absolute atomic E-state index is 5.76. The lowest BCUT2D eigenvalue weighted by atomic mass is 10.1. The average molecular weight is 259 g/mol. The van der Waals surface area contributed by atoms with Crippen molar-refractivity contribution in [2.24, 2.45) is 0 Å². The van der Waals surface area contributed by atoms with Crippen molar-refractivity contribution >= 4 is 28.6 Å². The summed E-state index contributed by atoms with van der Waals surface area (Å²) in [6.07, 6.45) is 0. The normalized spacial score (nSPS) is 10.6. The van der Waals surface area contributed by atoms with Gasteiger partial charge in [0.15, 0.2) is 0 Å². The van der Waals surface area contributed by atoms with Crippen molar-refractivity contribution in [2.75, 3.05) is 5.73 Å². The maximum atomic E-state index is 5.76. The van der Waals surface area contributed by atoms with E-state index in [1.54, 1.807) is 22.7 Å². The number of nitrogens with two attached hydrogens (primary N) is 1. The molecule has 5 heteroatoms. The van der Waals surface area contributed by atoms with Crippen LogP contribution in [0.25, 0.3) is 22.5 Å². The monoisotopic (exact) mass is 259 g/mol. The van der Waals surface area contributed by atoms with E-state index in [0.717, 1.165) is 22.5 Å². The van der Waals surface area contributed by atoms with Crippen molar-refractivity contribution in [1.82, 2.24) is 9.97 Å². The van der Waals surface area contributed by atoms with Crippen LogP contribution in [0.15, 0.2) is 39.7 Å². The van der Waals surface area contributed by atoms with Crippen molar-refractivity contribution in [3.05, 3.63) is 39.7 Å². The molecule has 0 aromatic carbocycles. The van der Waals surface area contributed by atoms with E-state index in [9.17, 15) is 0 Å². The van der Waals surface area contributed by atoms with Gasteiger partial charge in [-0.15, -0.1) is 0 Å². The molecular weight excluding hydrogens is 250 g/mol. The van der Waals surface area contributed by atoms with Gasteiger partial charge in [-0.2, -0.15) is 22.7 Å². The fourth-order valence-electron chi connectivity index (χ4n) is 1.58. The van der Waals surface area contributed by atoms with Gasteiger partial charge in [0.2, 0.25) is 5.95 Å². The summed E-state index contributed by atoms with van der Waals surface area (Å²) in [5.74, 6) is 0.315. The average Bonchev–Trinajstić information content (AvgIpc) is 3.02. The molecule has 17 heavy (non-hydrogen) atoms. The highest BCUT2D eigenvalue weighted by atomic mass is 32.1. The van der Waals surface area contributed by atoms with Gasteiger partial charge in [0, 0.05) is 21.9 Å². The lowest BCUT2D eigenvalue weighted by molar-refractivity contribution is 1.20. The van der Waals surface area contributed by atoms with Crippen LogP contribution in [0.3, 0.4) is 0 Å². The Hall–Kier alpha value is -1.72. The molecule has 0 aliphatic heterocycles. The van der Waals surface area contributed by atoms with E-state index in [1.807, 2.05) is 29.0 Å². The quantitative estimate of drug-likeness (QED) is 0.766. The Bertz CT molecular complexity index is 563. The standard InChI is InChI=1S/C12H9N3S2/c13-12-14-10(8-1-3-16-6-8)5-11(15-12)9-2-4-17-7-9/h1-7H,(H2,13,14,15). The fraction of sp³-hybridized carbons (Fsp3) is 0. The Kier molecular flexibility index (Phi) is 2.62. The summed E-state index contributed by atoms with van der Waals surface area (Å²) in [6, 6.07) is 6.04. The van der Waals surface area contributed by atoms with Gasteiger partial charge in [-0.3, -0.25) is 0 Å². The number of aromatic nitrogens is 2. The molecule has 0 spiro atoms. The van der Waals surface area contributed by atoms with E-state index in [4.69, 9.17) is 5.73 Å². The molecule has 2 N–H and O–H groups in total. The van der Waals surface area contributed by atoms with E-state index in [0.29, 0.717) is 5.95 Å². The molecule has 3 aromatic heterocycles. The van der Waals surface area contributed by atoms with Crippen LogP contribution in [0.4, 0.5) is 5.95 Å². The van der Waals surface area contributed by atoms with Gasteiger partial charge in [0.25, 0.3) is 0 Å². The second-order valence-corrected chi connectivity index (χ2v) is 5.08. The number of anilines is 1. The summed E-state index contributed by atoms with van der Waals surface area (Å²) < 4.78 is 0. The van der Waals surface area contributed by atoms with E-state index >= 15 is 0 Å². The molecule has 0 atom stereocenters. The van der Waals surface area contributed by atoms with E-state index in [2.05, 4.69) is 20.7 Å². The van der Waals surface area contributed by atoms with Crippen molar-refractivity contribution in [1.29, 1.82) is 0 Å². The first-order valence-corrected chi connectivity index (χ1v) is 6.91. The van der Waals surface area contributed by atoms with Gasteiger partial charge in [0.05, 0.1) is 11.4 Å². The van der Waals surface area contributed by atoms with Crippen molar-refractivity contribution in [2.45, 2.75) is 0 Å². The summed E-state index contributed by atoms with van der Waals surface area (Å²) in [5.41, 5.74) is 9.67. The minimum atomic E-state index is 0.315. The molecular formula is C12H9N3S2. The molecule has 3 rings (SSSR count). The van der Waals surface area contributed by atoms with E-state index in [1.165, 1.54) is 0 Å². The van der Waals surface area contributed by atoms with Gasteiger partial charge in [-0.25, -0.2) is 9.97 Å². The summed E-state index contributed by atoms with van der Waals surface area (Å²) in [5, 5.41) is 8.16. The first-order chi connectivity index (χ1) is 8.33. The van der Waals surface area contributed by atoms with Crippen molar-refractivity contribution in [3.8, 4) is 22.5 Å². The second kappa shape index (κ2) is 4.27. The summed E-state index contributed by atoms with van der Waals surface area (Å²) in [4.78, 5) is 8.53. The van der Waals surface area contributed by atoms with Gasteiger partial charge in [-0.1, -0.05) is 0 Å². The fourth-order valence-corrected chi connectivity index (χ4v) is 2.88. The topological polar surface area (TPSA) is 51.8 Å². The van der Waals surface area contributed by atoms with E-state index in [-0.39, 0.29) is 0 Å². The highest BCUT2D eigenvalue weighted by molar-refractivity contribution is 7.08. The third-order valence-corrected chi connectivity index (χ3v) is 3.74. The molecule has 3 aromatic rings. The number of nitrogens with zero attached hydrogens (tertiary/aromatic N) is 2. The Morgan fingerprint density at radius 2 is 1.41 bits per heavy atom. The molecule has 0 amide bonds. The van der Waals surface area contributed by atoms with Gasteiger partial charge in [0.1, 0.15) is 0 Å². The lowest BCUT2D eigenvalue weighted by Gasteiger charge is -2.03. The molecule has 0 radical (unpaired) electrons. The summed E-state index contributed by atoms with van der Waals surface area (Å²) >= 11 is 3.29. The first-order valence-electron chi connectivity index (χ1n) is 5.02. The molecule has 0 unspecified atom stereocenters. The third kappa shape index (κ3) is 2.07. The zero-order valence-electron chi connectivity index (χ0n) is 8.83. The number of hydrogen-bond donors (Lipinski definition) is 1. The number of nitrogen functional groups attached to an aromatic ring is 1. The molecule has 84 valence electrons. The van der Waals surface area contributed by atoms with Crippen LogP contribution < -0.4 is 5.73 Å². The van der Waals surface area contributed by atoms with E-state index < -0.39 is 0 Å². The smallest absolute Gasteiger partial charge is 0.221 e. The Labute approximate surface area is 107 Å². The number of thiophene rings is 2. The number of rotatable bonds is 2. The minimum Gasteiger partial charge on any atom is -0.368 e. The van der Waals surface area contributed by atoms with Crippen LogP contribution >= 0.6 is 22.7 Å². The van der Waals surface area contributed by atoms with Crippen molar-refractivity contribution < 1.29 is 0 Å². The Morgan fingerprint density at radius 1 is 0.882 bits per heavy atom. The van der Waals surface area contributed by atoms with Crippen LogP contribution in [-0.2, 0) is 0 Å². The molecule has 0 bridgehead atoms. The molecule has 0 fully saturated rings. The summed E-state index contributed by atoms with van der Waals surface area (Å²) in [7, 11) is 0. The SMILES string of the molecule is Nc1nc(-c2ccsc2)cc(-c2ccsc2)n1. The van der Waals surface area contributed by atoms with Crippen LogP contribution in [0.1, 0.15) is 0 Å². The Morgan fingerprint density at radius 3 is 1.82 bits per heavy atom. The second-order valence-electron chi connectivity index (χ2n) is 3.52. The molecule has 0 aliphatic rings. The van der Waals surface area contributed by atoms with Crippen LogP contribution in [0, 0.1) is 0 Å². The predicted octanol–water partition coefficient (Wildman–Crippen LogP) is 3.52. The Balaban J connectivity index is 2.13. The van der Waals surface area contributed by atoms with Gasteiger partial charge in [-0.05, 0) is 29.0 Å². The lowest BCUT2D eigenvalue weighted by Crippen LogP contribution is -1.97. The first kappa shape index (κ1) is 10.4. The zero-order chi connectivity index (χ0) is 11.7. The molecule has 0 saturated carbocycles. The minimum absolute atomic E-state index is 0.315. The zero-order valence-corrected chi connectivity index (χ0v) is 10.5. The van der Waals surface area contributed by atoms with Crippen LogP contribution in [0.5, 0.6) is 0 Å². The van der Waals surface area contributed by atoms with Gasteiger partial charge >= 0.3 is 0 Å². The highest BCUT2D eigenvalue weighted by Gasteiger charge is 2.07. The number of hydrogen-bond acceptors (Lipinski definition) is 5. The molecule has 0 aliphatic carbocycles. The maximum Gasteiger partial charge on any atom is 0.221 e. The molecule has 0 saturated heterocycles. The van der Waals surface area contributed by atoms with Crippen LogP contribution in [0.2, 0.25) is 0 Å². The summed E-state index contributed by atoms with van der Waals surface area (Å²) in [6.45, 7) is 0. The van der Waals surface area contributed by atoms with Crippen LogP contribution in [-0.4, -0.2) is 9.97 Å². The molecule has 3 heterocycles. The third-order valence-electron chi connectivity index (χ3n) is 2.38. The van der Waals surface area contributed by atoms with Crippen molar-refractivity contribution in [3.63, 3.8) is 0 Å². The largest absolute Gasteiger partial charge is 0.368 e. The predicted molar refractivity (Wildman–Crippen MR) is 73.1 cm³/mol. The highest BCUT2D eigenvalue weighted by Crippen LogP contribution is 2.26. The van der Waals surface area contributed by atoms with Gasteiger partial charge < -0.3 is 5.73 Å².